The minimum absolute atomic E-state index is 0.620. The van der Waals surface area contributed by atoms with Crippen LogP contribution in [0.25, 0.3) is 0 Å². The lowest BCUT2D eigenvalue weighted by molar-refractivity contribution is 0.450. The predicted octanol–water partition coefficient (Wildman–Crippen LogP) is 3.97. The van der Waals surface area contributed by atoms with Crippen LogP contribution in [0.2, 0.25) is 0 Å². The predicted molar refractivity (Wildman–Crippen MR) is 74.6 cm³/mol. The molecular weight excluding hydrogens is 206 g/mol. The third-order valence-corrected chi connectivity index (χ3v) is 4.03. The van der Waals surface area contributed by atoms with Gasteiger partial charge < -0.3 is 5.32 Å². The van der Waals surface area contributed by atoms with Crippen LogP contribution in [0.4, 0.5) is 0 Å². The molecular formula is C16H23N. The molecule has 92 valence electrons. The molecule has 1 heteroatoms. The lowest BCUT2D eigenvalue weighted by atomic mass is 9.78. The van der Waals surface area contributed by atoms with Crippen LogP contribution >= 0.6 is 0 Å². The Balaban J connectivity index is 2.29. The fourth-order valence-corrected chi connectivity index (χ4v) is 2.74. The van der Waals surface area contributed by atoms with Crippen LogP contribution in [0.1, 0.15) is 33.6 Å². The number of nitrogens with one attached hydrogen (secondary N) is 1. The molecule has 0 aromatic heterocycles. The van der Waals surface area contributed by atoms with Crippen molar-refractivity contribution in [2.75, 3.05) is 6.54 Å². The van der Waals surface area contributed by atoms with Gasteiger partial charge in [-0.3, -0.25) is 0 Å². The van der Waals surface area contributed by atoms with Gasteiger partial charge in [0, 0.05) is 12.5 Å². The molecule has 1 heterocycles. The summed E-state index contributed by atoms with van der Waals surface area (Å²) in [5.74, 6) is 1.25. The highest BCUT2D eigenvalue weighted by molar-refractivity contribution is 5.42. The standard InChI is InChI=1S/C16H23N/c1-11(2)14-6-5-12(3)15(9-14)16-10-17-8-7-13(16)4/h7-9,13,16-17H,1,5-6,10H2,2-4H3/t13-,16?/m0/s1. The van der Waals surface area contributed by atoms with Crippen molar-refractivity contribution in [1.82, 2.24) is 5.32 Å². The van der Waals surface area contributed by atoms with E-state index < -0.39 is 0 Å². The van der Waals surface area contributed by atoms with E-state index in [1.54, 1.807) is 11.1 Å². The summed E-state index contributed by atoms with van der Waals surface area (Å²) in [6.07, 6.45) is 9.11. The van der Waals surface area contributed by atoms with Gasteiger partial charge in [-0.05, 0) is 50.0 Å². The first kappa shape index (κ1) is 12.2. The summed E-state index contributed by atoms with van der Waals surface area (Å²) in [6.45, 7) is 11.9. The van der Waals surface area contributed by atoms with Gasteiger partial charge in [0.15, 0.2) is 0 Å². The van der Waals surface area contributed by atoms with E-state index in [4.69, 9.17) is 0 Å². The zero-order valence-electron chi connectivity index (χ0n) is 11.2. The second-order valence-electron chi connectivity index (χ2n) is 5.42. The van der Waals surface area contributed by atoms with Gasteiger partial charge in [-0.15, -0.1) is 0 Å². The molecule has 0 fully saturated rings. The molecule has 0 saturated carbocycles. The van der Waals surface area contributed by atoms with E-state index in [0.717, 1.165) is 13.0 Å². The van der Waals surface area contributed by atoms with Gasteiger partial charge >= 0.3 is 0 Å². The molecule has 2 atom stereocenters. The fraction of sp³-hybridized carbons (Fsp3) is 0.500. The number of hydrogen-bond acceptors (Lipinski definition) is 1. The van der Waals surface area contributed by atoms with Gasteiger partial charge in [0.2, 0.25) is 0 Å². The molecule has 1 aliphatic heterocycles. The van der Waals surface area contributed by atoms with E-state index in [2.05, 4.69) is 51.0 Å². The number of allylic oxidation sites excluding steroid dienone is 5. The Morgan fingerprint density at radius 3 is 2.82 bits per heavy atom. The van der Waals surface area contributed by atoms with Crippen molar-refractivity contribution in [1.29, 1.82) is 0 Å². The molecule has 1 N–H and O–H groups in total. The van der Waals surface area contributed by atoms with Gasteiger partial charge in [0.25, 0.3) is 0 Å². The highest BCUT2D eigenvalue weighted by Crippen LogP contribution is 2.35. The average molecular weight is 229 g/mol. The second kappa shape index (κ2) is 4.95. The summed E-state index contributed by atoms with van der Waals surface area (Å²) in [7, 11) is 0. The van der Waals surface area contributed by atoms with E-state index >= 15 is 0 Å². The molecule has 1 nitrogen and oxygen atoms in total. The molecule has 0 aromatic rings. The van der Waals surface area contributed by atoms with Crippen molar-refractivity contribution >= 4 is 0 Å². The summed E-state index contributed by atoms with van der Waals surface area (Å²) < 4.78 is 0. The van der Waals surface area contributed by atoms with E-state index in [1.165, 1.54) is 17.6 Å². The monoisotopic (exact) mass is 229 g/mol. The molecule has 17 heavy (non-hydrogen) atoms. The van der Waals surface area contributed by atoms with Crippen LogP contribution in [-0.4, -0.2) is 6.54 Å². The van der Waals surface area contributed by atoms with Crippen molar-refractivity contribution in [3.05, 3.63) is 47.2 Å². The minimum atomic E-state index is 0.620. The zero-order chi connectivity index (χ0) is 12.4. The Labute approximate surface area is 105 Å². The van der Waals surface area contributed by atoms with E-state index in [-0.39, 0.29) is 0 Å². The lowest BCUT2D eigenvalue weighted by Gasteiger charge is -2.31. The van der Waals surface area contributed by atoms with Crippen LogP contribution in [0.3, 0.4) is 0 Å². The molecule has 2 aliphatic rings. The van der Waals surface area contributed by atoms with E-state index in [9.17, 15) is 0 Å². The van der Waals surface area contributed by atoms with Gasteiger partial charge in [0.05, 0.1) is 0 Å². The Hall–Kier alpha value is -1.24. The molecule has 0 bridgehead atoms. The van der Waals surface area contributed by atoms with Gasteiger partial charge in [-0.1, -0.05) is 36.8 Å². The van der Waals surface area contributed by atoms with E-state index in [1.807, 2.05) is 0 Å². The highest BCUT2D eigenvalue weighted by atomic mass is 14.8. The Bertz CT molecular complexity index is 409. The molecule has 2 rings (SSSR count). The highest BCUT2D eigenvalue weighted by Gasteiger charge is 2.24. The third kappa shape index (κ3) is 2.54. The SMILES string of the molecule is C=C(C)C1=CC(C2CNC=C[C@@H]2C)=C(C)CC1. The second-order valence-corrected chi connectivity index (χ2v) is 5.42. The van der Waals surface area contributed by atoms with Gasteiger partial charge in [0.1, 0.15) is 0 Å². The Morgan fingerprint density at radius 2 is 2.18 bits per heavy atom. The van der Waals surface area contributed by atoms with Crippen LogP contribution < -0.4 is 5.32 Å². The maximum Gasteiger partial charge on any atom is 0.0215 e. The minimum Gasteiger partial charge on any atom is -0.391 e. The molecule has 1 aliphatic carbocycles. The van der Waals surface area contributed by atoms with Crippen LogP contribution in [0, 0.1) is 11.8 Å². The van der Waals surface area contributed by atoms with Crippen molar-refractivity contribution < 1.29 is 0 Å². The molecule has 1 unspecified atom stereocenters. The average Bonchev–Trinajstić information content (AvgIpc) is 2.30. The number of hydrogen-bond donors (Lipinski definition) is 1. The first-order chi connectivity index (χ1) is 8.09. The summed E-state index contributed by atoms with van der Waals surface area (Å²) in [6, 6.07) is 0. The fourth-order valence-electron chi connectivity index (χ4n) is 2.74. The molecule has 0 aromatic carbocycles. The molecule has 0 spiro atoms. The Kier molecular flexibility index (Phi) is 3.56. The normalized spacial score (nSPS) is 28.8. The third-order valence-electron chi connectivity index (χ3n) is 4.03. The smallest absolute Gasteiger partial charge is 0.0215 e. The summed E-state index contributed by atoms with van der Waals surface area (Å²) in [4.78, 5) is 0. The summed E-state index contributed by atoms with van der Waals surface area (Å²) >= 11 is 0. The quantitative estimate of drug-likeness (QED) is 0.755. The summed E-state index contributed by atoms with van der Waals surface area (Å²) in [5, 5.41) is 3.36. The van der Waals surface area contributed by atoms with Gasteiger partial charge in [-0.2, -0.15) is 0 Å². The maximum absolute atomic E-state index is 4.08. The van der Waals surface area contributed by atoms with Crippen LogP contribution in [-0.2, 0) is 0 Å². The zero-order valence-corrected chi connectivity index (χ0v) is 11.2. The van der Waals surface area contributed by atoms with E-state index in [0.29, 0.717) is 11.8 Å². The van der Waals surface area contributed by atoms with Crippen LogP contribution in [0.15, 0.2) is 47.2 Å². The Morgan fingerprint density at radius 1 is 1.41 bits per heavy atom. The molecule has 0 saturated heterocycles. The molecule has 0 amide bonds. The van der Waals surface area contributed by atoms with Crippen molar-refractivity contribution in [3.63, 3.8) is 0 Å². The van der Waals surface area contributed by atoms with Gasteiger partial charge in [-0.25, -0.2) is 0 Å². The largest absolute Gasteiger partial charge is 0.391 e. The first-order valence-corrected chi connectivity index (χ1v) is 6.55. The summed E-state index contributed by atoms with van der Waals surface area (Å²) in [5.41, 5.74) is 5.76. The lowest BCUT2D eigenvalue weighted by Crippen LogP contribution is -2.29. The molecule has 0 radical (unpaired) electrons. The van der Waals surface area contributed by atoms with Crippen molar-refractivity contribution in [2.24, 2.45) is 11.8 Å². The maximum atomic E-state index is 4.08. The van der Waals surface area contributed by atoms with Crippen LogP contribution in [0.5, 0.6) is 0 Å². The van der Waals surface area contributed by atoms with Crippen molar-refractivity contribution in [3.8, 4) is 0 Å². The first-order valence-electron chi connectivity index (χ1n) is 6.55. The topological polar surface area (TPSA) is 12.0 Å². The number of rotatable bonds is 2. The van der Waals surface area contributed by atoms with Crippen molar-refractivity contribution in [2.45, 2.75) is 33.6 Å².